The Hall–Kier alpha value is -2.08. The summed E-state index contributed by atoms with van der Waals surface area (Å²) in [6, 6.07) is 3.38. The highest BCUT2D eigenvalue weighted by atomic mass is 35.5. The van der Waals surface area contributed by atoms with Gasteiger partial charge in [0.1, 0.15) is 5.75 Å². The lowest BCUT2D eigenvalue weighted by atomic mass is 9.81. The number of hydrogen-bond donors (Lipinski definition) is 1. The van der Waals surface area contributed by atoms with Gasteiger partial charge in [-0.25, -0.2) is 0 Å². The van der Waals surface area contributed by atoms with E-state index < -0.39 is 0 Å². The number of aryl methyl sites for hydroxylation is 1. The summed E-state index contributed by atoms with van der Waals surface area (Å²) in [5, 5.41) is 3.33. The molecule has 1 aliphatic heterocycles. The van der Waals surface area contributed by atoms with E-state index in [0.717, 1.165) is 31.2 Å². The van der Waals surface area contributed by atoms with Crippen LogP contribution in [0, 0.1) is 18.8 Å². The molecule has 1 heterocycles. The van der Waals surface area contributed by atoms with Crippen molar-refractivity contribution in [3.05, 3.63) is 22.7 Å². The summed E-state index contributed by atoms with van der Waals surface area (Å²) in [5.74, 6) is -0.412. The molecule has 1 aromatic carbocycles. The van der Waals surface area contributed by atoms with Crippen LogP contribution in [0.1, 0.15) is 37.7 Å². The highest BCUT2D eigenvalue weighted by molar-refractivity contribution is 6.31. The summed E-state index contributed by atoms with van der Waals surface area (Å²) in [7, 11) is 1.50. The SMILES string of the molecule is COc1cc(Cl)c(C)cc1NC(=O)CCN1C(=O)[C@H]2CCCC[C@@H]2C1=O. The van der Waals surface area contributed by atoms with Gasteiger partial charge in [-0.15, -0.1) is 0 Å². The van der Waals surface area contributed by atoms with Crippen LogP contribution in [-0.2, 0) is 14.4 Å². The van der Waals surface area contributed by atoms with E-state index in [2.05, 4.69) is 5.32 Å². The van der Waals surface area contributed by atoms with Gasteiger partial charge >= 0.3 is 0 Å². The van der Waals surface area contributed by atoms with Crippen molar-refractivity contribution < 1.29 is 19.1 Å². The number of hydrogen-bond acceptors (Lipinski definition) is 4. The molecule has 0 spiro atoms. The average Bonchev–Trinajstić information content (AvgIpc) is 2.87. The molecule has 0 unspecified atom stereocenters. The summed E-state index contributed by atoms with van der Waals surface area (Å²) >= 11 is 6.07. The smallest absolute Gasteiger partial charge is 0.233 e. The van der Waals surface area contributed by atoms with Crippen LogP contribution in [0.4, 0.5) is 5.69 Å². The molecule has 3 rings (SSSR count). The van der Waals surface area contributed by atoms with Gasteiger partial charge in [-0.3, -0.25) is 19.3 Å². The van der Waals surface area contributed by atoms with Crippen molar-refractivity contribution in [1.29, 1.82) is 0 Å². The number of benzene rings is 1. The molecule has 2 aliphatic rings. The normalized spacial score (nSPS) is 22.3. The number of imide groups is 1. The molecule has 6 nitrogen and oxygen atoms in total. The van der Waals surface area contributed by atoms with Crippen molar-refractivity contribution in [2.75, 3.05) is 19.0 Å². The first-order chi connectivity index (χ1) is 12.4. The minimum absolute atomic E-state index is 0.0573. The Morgan fingerprint density at radius 1 is 1.23 bits per heavy atom. The monoisotopic (exact) mass is 378 g/mol. The second-order valence-corrected chi connectivity index (χ2v) is 7.33. The molecule has 1 saturated heterocycles. The predicted molar refractivity (Wildman–Crippen MR) is 98.2 cm³/mol. The molecule has 26 heavy (non-hydrogen) atoms. The third-order valence-corrected chi connectivity index (χ3v) is 5.66. The van der Waals surface area contributed by atoms with Gasteiger partial charge < -0.3 is 10.1 Å². The fourth-order valence-electron chi connectivity index (χ4n) is 3.81. The van der Waals surface area contributed by atoms with E-state index in [1.807, 2.05) is 6.92 Å². The number of nitrogens with zero attached hydrogens (tertiary/aromatic N) is 1. The van der Waals surface area contributed by atoms with Crippen LogP contribution in [0.15, 0.2) is 12.1 Å². The maximum Gasteiger partial charge on any atom is 0.233 e. The largest absolute Gasteiger partial charge is 0.495 e. The summed E-state index contributed by atoms with van der Waals surface area (Å²) in [6.45, 7) is 1.95. The van der Waals surface area contributed by atoms with Crippen molar-refractivity contribution in [3.8, 4) is 5.75 Å². The number of ether oxygens (including phenoxy) is 1. The van der Waals surface area contributed by atoms with Crippen LogP contribution >= 0.6 is 11.6 Å². The lowest BCUT2D eigenvalue weighted by Crippen LogP contribution is -2.34. The molecule has 2 atom stereocenters. The van der Waals surface area contributed by atoms with Gasteiger partial charge in [0.15, 0.2) is 0 Å². The molecule has 0 radical (unpaired) electrons. The number of rotatable bonds is 5. The van der Waals surface area contributed by atoms with Gasteiger partial charge in [-0.1, -0.05) is 24.4 Å². The Morgan fingerprint density at radius 2 is 1.85 bits per heavy atom. The van der Waals surface area contributed by atoms with Crippen molar-refractivity contribution >= 4 is 35.0 Å². The van der Waals surface area contributed by atoms with Crippen LogP contribution < -0.4 is 10.1 Å². The van der Waals surface area contributed by atoms with E-state index in [4.69, 9.17) is 16.3 Å². The number of anilines is 1. The highest BCUT2D eigenvalue weighted by Gasteiger charge is 2.47. The average molecular weight is 379 g/mol. The lowest BCUT2D eigenvalue weighted by molar-refractivity contribution is -0.140. The minimum atomic E-state index is -0.277. The van der Waals surface area contributed by atoms with Gasteiger partial charge in [-0.05, 0) is 31.4 Å². The standard InChI is InChI=1S/C19H23ClN2O4/c1-11-9-15(16(26-2)10-14(11)20)21-17(23)7-8-22-18(24)12-5-3-4-6-13(12)19(22)25/h9-10,12-13H,3-8H2,1-2H3,(H,21,23)/t12-,13-/m0/s1. The Kier molecular flexibility index (Phi) is 5.51. The zero-order valence-electron chi connectivity index (χ0n) is 15.0. The zero-order valence-corrected chi connectivity index (χ0v) is 15.8. The lowest BCUT2D eigenvalue weighted by Gasteiger charge is -2.19. The van der Waals surface area contributed by atoms with Crippen LogP contribution in [0.2, 0.25) is 5.02 Å². The van der Waals surface area contributed by atoms with Crippen LogP contribution in [0.25, 0.3) is 0 Å². The molecule has 3 amide bonds. The zero-order chi connectivity index (χ0) is 18.8. The topological polar surface area (TPSA) is 75.7 Å². The van der Waals surface area contributed by atoms with Gasteiger partial charge in [0, 0.05) is 24.1 Å². The summed E-state index contributed by atoms with van der Waals surface area (Å²) in [4.78, 5) is 38.5. The molecule has 2 fully saturated rings. The Labute approximate surface area is 157 Å². The van der Waals surface area contributed by atoms with E-state index in [1.165, 1.54) is 12.0 Å². The molecule has 1 saturated carbocycles. The molecular formula is C19H23ClN2O4. The third kappa shape index (κ3) is 3.56. The third-order valence-electron chi connectivity index (χ3n) is 5.25. The van der Waals surface area contributed by atoms with E-state index in [-0.39, 0.29) is 42.5 Å². The number of carbonyl (C=O) groups excluding carboxylic acids is 3. The first kappa shape index (κ1) is 18.7. The van der Waals surface area contributed by atoms with Gasteiger partial charge in [0.05, 0.1) is 24.6 Å². The number of amides is 3. The molecule has 1 aliphatic carbocycles. The molecule has 1 aromatic rings. The van der Waals surface area contributed by atoms with Gasteiger partial charge in [0.2, 0.25) is 17.7 Å². The number of fused-ring (bicyclic) bond motifs is 1. The van der Waals surface area contributed by atoms with Crippen molar-refractivity contribution in [2.24, 2.45) is 11.8 Å². The second-order valence-electron chi connectivity index (χ2n) is 6.93. The van der Waals surface area contributed by atoms with Gasteiger partial charge in [-0.2, -0.15) is 0 Å². The molecule has 0 bridgehead atoms. The van der Waals surface area contributed by atoms with Crippen LogP contribution in [0.5, 0.6) is 5.75 Å². The Morgan fingerprint density at radius 3 is 2.42 bits per heavy atom. The molecule has 140 valence electrons. The second kappa shape index (κ2) is 7.66. The molecular weight excluding hydrogens is 356 g/mol. The van der Waals surface area contributed by atoms with E-state index in [1.54, 1.807) is 12.1 Å². The highest BCUT2D eigenvalue weighted by Crippen LogP contribution is 2.38. The summed E-state index contributed by atoms with van der Waals surface area (Å²) < 4.78 is 5.24. The fourth-order valence-corrected chi connectivity index (χ4v) is 3.96. The van der Waals surface area contributed by atoms with Crippen molar-refractivity contribution in [3.63, 3.8) is 0 Å². The van der Waals surface area contributed by atoms with E-state index >= 15 is 0 Å². The van der Waals surface area contributed by atoms with Crippen molar-refractivity contribution in [2.45, 2.75) is 39.0 Å². The Balaban J connectivity index is 1.62. The molecule has 7 heteroatoms. The number of carbonyl (C=O) groups is 3. The number of halogens is 1. The van der Waals surface area contributed by atoms with E-state index in [9.17, 15) is 14.4 Å². The van der Waals surface area contributed by atoms with Crippen LogP contribution in [0.3, 0.4) is 0 Å². The number of methoxy groups -OCH3 is 1. The molecule has 0 aromatic heterocycles. The quantitative estimate of drug-likeness (QED) is 0.798. The maximum absolute atomic E-state index is 12.4. The maximum atomic E-state index is 12.4. The van der Waals surface area contributed by atoms with Gasteiger partial charge in [0.25, 0.3) is 0 Å². The first-order valence-corrected chi connectivity index (χ1v) is 9.29. The fraction of sp³-hybridized carbons (Fsp3) is 0.526. The molecule has 1 N–H and O–H groups in total. The summed E-state index contributed by atoms with van der Waals surface area (Å²) in [5.41, 5.74) is 1.34. The number of nitrogens with one attached hydrogen (secondary N) is 1. The van der Waals surface area contributed by atoms with E-state index in [0.29, 0.717) is 16.5 Å². The van der Waals surface area contributed by atoms with Crippen LogP contribution in [-0.4, -0.2) is 36.3 Å². The Bertz CT molecular complexity index is 725. The predicted octanol–water partition coefficient (Wildman–Crippen LogP) is 3.16. The number of likely N-dealkylation sites (tertiary alicyclic amines) is 1. The minimum Gasteiger partial charge on any atom is -0.495 e. The first-order valence-electron chi connectivity index (χ1n) is 8.91. The summed E-state index contributed by atoms with van der Waals surface area (Å²) in [6.07, 6.45) is 3.59. The van der Waals surface area contributed by atoms with Crippen molar-refractivity contribution in [1.82, 2.24) is 4.90 Å².